The zero-order valence-electron chi connectivity index (χ0n) is 20.7. The van der Waals surface area contributed by atoms with Gasteiger partial charge in [-0.15, -0.1) is 0 Å². The van der Waals surface area contributed by atoms with Crippen LogP contribution in [-0.2, 0) is 4.79 Å². The van der Waals surface area contributed by atoms with Gasteiger partial charge in [0.05, 0.1) is 22.7 Å². The molecule has 4 rings (SSSR count). The van der Waals surface area contributed by atoms with Gasteiger partial charge in [0.15, 0.2) is 0 Å². The smallest absolute Gasteiger partial charge is 0.266 e. The molecule has 3 aromatic rings. The molecule has 5 nitrogen and oxygen atoms in total. The van der Waals surface area contributed by atoms with Crippen molar-refractivity contribution in [2.45, 2.75) is 39.5 Å². The summed E-state index contributed by atoms with van der Waals surface area (Å²) < 4.78 is 7.75. The molecule has 1 aliphatic rings. The fraction of sp³-hybridized carbons (Fsp3) is 0.321. The van der Waals surface area contributed by atoms with Gasteiger partial charge >= 0.3 is 0 Å². The lowest BCUT2D eigenvalue weighted by Gasteiger charge is -2.21. The van der Waals surface area contributed by atoms with Crippen LogP contribution in [0, 0.1) is 5.92 Å². The third-order valence-electron chi connectivity index (χ3n) is 6.33. The van der Waals surface area contributed by atoms with Gasteiger partial charge in [-0.25, -0.2) is 4.68 Å². The third-order valence-corrected chi connectivity index (χ3v) is 8.01. The minimum absolute atomic E-state index is 0.0360. The van der Waals surface area contributed by atoms with Crippen molar-refractivity contribution >= 4 is 51.9 Å². The van der Waals surface area contributed by atoms with Gasteiger partial charge in [0.2, 0.25) is 0 Å². The normalized spacial score (nSPS) is 15.7. The number of halogens is 1. The predicted molar refractivity (Wildman–Crippen MR) is 154 cm³/mol. The summed E-state index contributed by atoms with van der Waals surface area (Å²) in [5.74, 6) is 1.01. The predicted octanol–water partition coefficient (Wildman–Crippen LogP) is 7.62. The summed E-state index contributed by atoms with van der Waals surface area (Å²) in [4.78, 5) is 15.8. The number of thiocarbonyl (C=S) groups is 1. The summed E-state index contributed by atoms with van der Waals surface area (Å²) in [7, 11) is 1.59. The Morgan fingerprint density at radius 2 is 1.97 bits per heavy atom. The first-order valence-electron chi connectivity index (χ1n) is 12.2. The lowest BCUT2D eigenvalue weighted by atomic mass is 9.99. The quantitative estimate of drug-likeness (QED) is 0.196. The molecule has 2 heterocycles. The number of hydrogen-bond acceptors (Lipinski definition) is 5. The molecule has 1 amide bonds. The third kappa shape index (κ3) is 5.85. The molecule has 1 atom stereocenters. The molecule has 2 aromatic carbocycles. The summed E-state index contributed by atoms with van der Waals surface area (Å²) in [6, 6.07) is 15.5. The summed E-state index contributed by atoms with van der Waals surface area (Å²) >= 11 is 13.4. The van der Waals surface area contributed by atoms with E-state index in [2.05, 4.69) is 13.8 Å². The fourth-order valence-corrected chi connectivity index (χ4v) is 5.74. The molecule has 0 N–H and O–H groups in total. The van der Waals surface area contributed by atoms with E-state index in [4.69, 9.17) is 33.7 Å². The summed E-state index contributed by atoms with van der Waals surface area (Å²) in [6.45, 7) is 5.04. The zero-order valence-corrected chi connectivity index (χ0v) is 23.1. The Kier molecular flexibility index (Phi) is 8.88. The Hall–Kier alpha value is -2.61. The highest BCUT2D eigenvalue weighted by atomic mass is 35.5. The van der Waals surface area contributed by atoms with Crippen molar-refractivity contribution in [1.29, 1.82) is 0 Å². The molecule has 0 aliphatic carbocycles. The molecule has 1 fully saturated rings. The Labute approximate surface area is 227 Å². The molecule has 0 spiro atoms. The van der Waals surface area contributed by atoms with E-state index >= 15 is 0 Å². The highest BCUT2D eigenvalue weighted by Crippen LogP contribution is 2.37. The molecule has 36 heavy (non-hydrogen) atoms. The van der Waals surface area contributed by atoms with Crippen molar-refractivity contribution in [2.24, 2.45) is 5.92 Å². The van der Waals surface area contributed by atoms with Crippen LogP contribution < -0.4 is 4.74 Å². The second kappa shape index (κ2) is 12.1. The van der Waals surface area contributed by atoms with Crippen LogP contribution in [0.2, 0.25) is 5.02 Å². The molecule has 1 aliphatic heterocycles. The SMILES string of the molecule is CCCC[C@H](CC)CN1C(=O)/C(=C/c2cn(-c3ccccc3)nc2-c2ccc(OC)c(Cl)c2)SC1=S. The van der Waals surface area contributed by atoms with Crippen LogP contribution in [-0.4, -0.2) is 38.6 Å². The number of methoxy groups -OCH3 is 1. The number of nitrogens with zero attached hydrogens (tertiary/aromatic N) is 3. The minimum atomic E-state index is -0.0360. The van der Waals surface area contributed by atoms with Gasteiger partial charge in [-0.1, -0.05) is 86.9 Å². The van der Waals surface area contributed by atoms with Crippen molar-refractivity contribution in [3.8, 4) is 22.7 Å². The molecule has 8 heteroatoms. The molecular weight excluding hydrogens is 510 g/mol. The van der Waals surface area contributed by atoms with Crippen LogP contribution in [0.4, 0.5) is 0 Å². The molecule has 0 radical (unpaired) electrons. The number of thioether (sulfide) groups is 1. The topological polar surface area (TPSA) is 47.4 Å². The number of hydrogen-bond donors (Lipinski definition) is 0. The first-order valence-corrected chi connectivity index (χ1v) is 13.8. The number of aromatic nitrogens is 2. The largest absolute Gasteiger partial charge is 0.495 e. The first-order chi connectivity index (χ1) is 17.4. The minimum Gasteiger partial charge on any atom is -0.495 e. The van der Waals surface area contributed by atoms with Crippen molar-refractivity contribution in [3.63, 3.8) is 0 Å². The van der Waals surface area contributed by atoms with Gasteiger partial charge in [0, 0.05) is 23.9 Å². The van der Waals surface area contributed by atoms with Gasteiger partial charge in [-0.2, -0.15) is 5.10 Å². The summed E-state index contributed by atoms with van der Waals surface area (Å²) in [6.07, 6.45) is 8.28. The lowest BCUT2D eigenvalue weighted by molar-refractivity contribution is -0.122. The van der Waals surface area contributed by atoms with E-state index < -0.39 is 0 Å². The maximum Gasteiger partial charge on any atom is 0.266 e. The van der Waals surface area contributed by atoms with Crippen molar-refractivity contribution in [2.75, 3.05) is 13.7 Å². The van der Waals surface area contributed by atoms with Crippen LogP contribution in [0.1, 0.15) is 45.1 Å². The standard InChI is InChI=1S/C28H30ClN3O2S2/c1-4-6-10-19(5-2)17-31-27(33)25(36-28(31)35)16-21-18-32(22-11-8-7-9-12-22)30-26(21)20-13-14-24(34-3)23(29)15-20/h7-9,11-16,18-19H,4-6,10,17H2,1-3H3/b25-16-/t19-/m0/s1. The van der Waals surface area contributed by atoms with E-state index in [1.807, 2.05) is 65.5 Å². The van der Waals surface area contributed by atoms with E-state index in [-0.39, 0.29) is 5.91 Å². The number of benzene rings is 2. The van der Waals surface area contributed by atoms with Crippen LogP contribution in [0.25, 0.3) is 23.0 Å². The molecule has 0 saturated carbocycles. The van der Waals surface area contributed by atoms with Crippen molar-refractivity contribution < 1.29 is 9.53 Å². The van der Waals surface area contributed by atoms with E-state index in [9.17, 15) is 4.79 Å². The summed E-state index contributed by atoms with van der Waals surface area (Å²) in [5.41, 5.74) is 3.30. The molecule has 0 bridgehead atoms. The van der Waals surface area contributed by atoms with E-state index in [0.717, 1.165) is 48.2 Å². The number of amides is 1. The molecule has 0 unspecified atom stereocenters. The molecule has 1 saturated heterocycles. The van der Waals surface area contributed by atoms with Crippen LogP contribution in [0.3, 0.4) is 0 Å². The van der Waals surface area contributed by atoms with Crippen molar-refractivity contribution in [3.05, 3.63) is 70.2 Å². The van der Waals surface area contributed by atoms with E-state index in [0.29, 0.717) is 32.5 Å². The number of rotatable bonds is 10. The maximum atomic E-state index is 13.4. The maximum absolute atomic E-state index is 13.4. The molecule has 1 aromatic heterocycles. The Morgan fingerprint density at radius 3 is 2.64 bits per heavy atom. The van der Waals surface area contributed by atoms with Gasteiger partial charge in [-0.05, 0) is 48.7 Å². The highest BCUT2D eigenvalue weighted by molar-refractivity contribution is 8.26. The second-order valence-corrected chi connectivity index (χ2v) is 10.9. The average molecular weight is 540 g/mol. The summed E-state index contributed by atoms with van der Waals surface area (Å²) in [5, 5.41) is 5.35. The van der Waals surface area contributed by atoms with Crippen molar-refractivity contribution in [1.82, 2.24) is 14.7 Å². The monoisotopic (exact) mass is 539 g/mol. The Balaban J connectivity index is 1.70. The van der Waals surface area contributed by atoms with Gasteiger partial charge in [0.25, 0.3) is 5.91 Å². The number of para-hydroxylation sites is 1. The second-order valence-electron chi connectivity index (χ2n) is 8.77. The average Bonchev–Trinajstić information content (AvgIpc) is 3.43. The number of carbonyl (C=O) groups is 1. The lowest BCUT2D eigenvalue weighted by Crippen LogP contribution is -2.33. The Bertz CT molecular complexity index is 1270. The van der Waals surface area contributed by atoms with Crippen LogP contribution in [0.15, 0.2) is 59.6 Å². The zero-order chi connectivity index (χ0) is 25.7. The van der Waals surface area contributed by atoms with E-state index in [1.165, 1.54) is 11.8 Å². The first kappa shape index (κ1) is 26.5. The van der Waals surface area contributed by atoms with Gasteiger partial charge < -0.3 is 4.74 Å². The number of unbranched alkanes of at least 4 members (excludes halogenated alkanes) is 1. The number of ether oxygens (including phenoxy) is 1. The molecular formula is C28H30ClN3O2S2. The van der Waals surface area contributed by atoms with Crippen LogP contribution >= 0.6 is 35.6 Å². The fourth-order valence-electron chi connectivity index (χ4n) is 4.22. The van der Waals surface area contributed by atoms with Crippen LogP contribution in [0.5, 0.6) is 5.75 Å². The van der Waals surface area contributed by atoms with Gasteiger partial charge in [-0.3, -0.25) is 9.69 Å². The number of carbonyl (C=O) groups excluding carboxylic acids is 1. The molecule has 188 valence electrons. The Morgan fingerprint density at radius 1 is 1.19 bits per heavy atom. The highest BCUT2D eigenvalue weighted by Gasteiger charge is 2.33. The van der Waals surface area contributed by atoms with Gasteiger partial charge in [0.1, 0.15) is 15.8 Å². The van der Waals surface area contributed by atoms with E-state index in [1.54, 1.807) is 12.0 Å².